The third-order valence-corrected chi connectivity index (χ3v) is 4.80. The Labute approximate surface area is 163 Å². The molecule has 0 aromatic heterocycles. The van der Waals surface area contributed by atoms with E-state index in [0.717, 1.165) is 42.6 Å². The number of benzene rings is 2. The fourth-order valence-corrected chi connectivity index (χ4v) is 3.33. The molecule has 1 atom stereocenters. The van der Waals surface area contributed by atoms with E-state index in [2.05, 4.69) is 43.0 Å². The summed E-state index contributed by atoms with van der Waals surface area (Å²) in [5, 5.41) is 0. The summed E-state index contributed by atoms with van der Waals surface area (Å²) in [6.45, 7) is 10.3. The molecule has 1 aliphatic heterocycles. The Bertz CT molecular complexity index is 736. The molecule has 2 aromatic carbocycles. The average Bonchev–Trinajstić information content (AvgIpc) is 3.03. The molecule has 1 aliphatic rings. The molecule has 144 valence electrons. The minimum atomic E-state index is -0.421. The van der Waals surface area contributed by atoms with Crippen LogP contribution in [0.3, 0.4) is 0 Å². The lowest BCUT2D eigenvalue weighted by atomic mass is 9.98. The molecule has 0 saturated carbocycles. The van der Waals surface area contributed by atoms with Gasteiger partial charge in [0.25, 0.3) is 0 Å². The highest BCUT2D eigenvalue weighted by Gasteiger charge is 2.31. The lowest BCUT2D eigenvalue weighted by molar-refractivity contribution is -0.139. The third kappa shape index (κ3) is 6.03. The van der Waals surface area contributed by atoms with Crippen LogP contribution in [-0.2, 0) is 20.8 Å². The van der Waals surface area contributed by atoms with Crippen molar-refractivity contribution >= 4 is 5.57 Å². The number of unbranched alkanes of at least 4 members (excludes halogenated alkanes) is 1. The first-order valence-corrected chi connectivity index (χ1v) is 9.77. The molecule has 1 fully saturated rings. The molecule has 1 heterocycles. The molecule has 0 amide bonds. The average molecular weight is 367 g/mol. The van der Waals surface area contributed by atoms with Crippen molar-refractivity contribution in [3.05, 3.63) is 77.9 Å². The van der Waals surface area contributed by atoms with E-state index in [1.54, 1.807) is 0 Å². The number of ether oxygens (including phenoxy) is 3. The molecule has 3 heteroatoms. The smallest absolute Gasteiger partial charge is 0.163 e. The van der Waals surface area contributed by atoms with Crippen LogP contribution in [0.4, 0.5) is 0 Å². The van der Waals surface area contributed by atoms with Gasteiger partial charge in [0.2, 0.25) is 0 Å². The standard InChI is InChI=1S/C24H30O3/c1-19(21-11-5-4-6-12-21)22-13-9-10-20(16-22)17-25-15-8-7-14-23-18-26-24(2,3)27-23/h4-6,9-13,16,23H,1,7-8,14-15,17-18H2,2-3H3. The maximum Gasteiger partial charge on any atom is 0.163 e. The van der Waals surface area contributed by atoms with Crippen molar-refractivity contribution < 1.29 is 14.2 Å². The quantitative estimate of drug-likeness (QED) is 0.542. The van der Waals surface area contributed by atoms with E-state index in [0.29, 0.717) is 13.2 Å². The largest absolute Gasteiger partial charge is 0.377 e. The molecule has 0 N–H and O–H groups in total. The van der Waals surface area contributed by atoms with Crippen molar-refractivity contribution in [3.8, 4) is 0 Å². The fourth-order valence-electron chi connectivity index (χ4n) is 3.33. The third-order valence-electron chi connectivity index (χ3n) is 4.80. The van der Waals surface area contributed by atoms with Crippen LogP contribution >= 0.6 is 0 Å². The van der Waals surface area contributed by atoms with Gasteiger partial charge in [0, 0.05) is 6.61 Å². The Hall–Kier alpha value is -1.94. The van der Waals surface area contributed by atoms with Gasteiger partial charge in [-0.25, -0.2) is 0 Å². The topological polar surface area (TPSA) is 27.7 Å². The zero-order chi connectivity index (χ0) is 19.1. The molecular formula is C24H30O3. The SMILES string of the molecule is C=C(c1ccccc1)c1cccc(COCCCCC2COC(C)(C)O2)c1. The van der Waals surface area contributed by atoms with Gasteiger partial charge in [0.15, 0.2) is 5.79 Å². The first-order valence-electron chi connectivity index (χ1n) is 9.77. The molecule has 0 bridgehead atoms. The Morgan fingerprint density at radius 3 is 2.59 bits per heavy atom. The van der Waals surface area contributed by atoms with Crippen molar-refractivity contribution in [1.29, 1.82) is 0 Å². The molecule has 3 rings (SSSR count). The second-order valence-electron chi connectivity index (χ2n) is 7.54. The summed E-state index contributed by atoms with van der Waals surface area (Å²) in [6, 6.07) is 18.7. The molecule has 0 radical (unpaired) electrons. The van der Waals surface area contributed by atoms with Crippen LogP contribution in [0.5, 0.6) is 0 Å². The van der Waals surface area contributed by atoms with Gasteiger partial charge < -0.3 is 14.2 Å². The van der Waals surface area contributed by atoms with Crippen molar-refractivity contribution in [2.45, 2.75) is 51.6 Å². The summed E-state index contributed by atoms with van der Waals surface area (Å²) in [6.07, 6.45) is 3.38. The predicted octanol–water partition coefficient (Wildman–Crippen LogP) is 5.59. The number of hydrogen-bond acceptors (Lipinski definition) is 3. The van der Waals surface area contributed by atoms with Crippen LogP contribution in [-0.4, -0.2) is 25.1 Å². The predicted molar refractivity (Wildman–Crippen MR) is 109 cm³/mol. The Morgan fingerprint density at radius 2 is 1.85 bits per heavy atom. The minimum absolute atomic E-state index is 0.223. The maximum absolute atomic E-state index is 5.86. The summed E-state index contributed by atoms with van der Waals surface area (Å²) < 4.78 is 17.3. The van der Waals surface area contributed by atoms with Crippen LogP contribution in [0.2, 0.25) is 0 Å². The minimum Gasteiger partial charge on any atom is -0.377 e. The van der Waals surface area contributed by atoms with E-state index in [1.165, 1.54) is 5.56 Å². The summed E-state index contributed by atoms with van der Waals surface area (Å²) in [5.41, 5.74) is 4.51. The lowest BCUT2D eigenvalue weighted by Crippen LogP contribution is -2.21. The van der Waals surface area contributed by atoms with E-state index in [1.807, 2.05) is 32.0 Å². The number of hydrogen-bond donors (Lipinski definition) is 0. The highest BCUT2D eigenvalue weighted by atomic mass is 16.7. The molecule has 1 unspecified atom stereocenters. The first kappa shape index (κ1) is 19.8. The number of rotatable bonds is 9. The molecule has 0 aliphatic carbocycles. The van der Waals surface area contributed by atoms with E-state index in [-0.39, 0.29) is 6.10 Å². The van der Waals surface area contributed by atoms with Gasteiger partial charge in [-0.3, -0.25) is 0 Å². The normalized spacial score (nSPS) is 18.5. The monoisotopic (exact) mass is 366 g/mol. The Balaban J connectivity index is 1.38. The highest BCUT2D eigenvalue weighted by molar-refractivity contribution is 5.78. The zero-order valence-corrected chi connectivity index (χ0v) is 16.4. The van der Waals surface area contributed by atoms with Crippen molar-refractivity contribution in [1.82, 2.24) is 0 Å². The Kier molecular flexibility index (Phi) is 6.84. The summed E-state index contributed by atoms with van der Waals surface area (Å²) in [4.78, 5) is 0. The van der Waals surface area contributed by atoms with Gasteiger partial charge in [-0.05, 0) is 61.4 Å². The molecule has 3 nitrogen and oxygen atoms in total. The van der Waals surface area contributed by atoms with E-state index in [4.69, 9.17) is 14.2 Å². The molecule has 1 saturated heterocycles. The maximum atomic E-state index is 5.86. The van der Waals surface area contributed by atoms with Crippen LogP contribution in [0.1, 0.15) is 49.8 Å². The van der Waals surface area contributed by atoms with Crippen LogP contribution in [0.25, 0.3) is 5.57 Å². The molecule has 0 spiro atoms. The van der Waals surface area contributed by atoms with E-state index >= 15 is 0 Å². The highest BCUT2D eigenvalue weighted by Crippen LogP contribution is 2.25. The fraction of sp³-hybridized carbons (Fsp3) is 0.417. The van der Waals surface area contributed by atoms with Gasteiger partial charge >= 0.3 is 0 Å². The van der Waals surface area contributed by atoms with E-state index in [9.17, 15) is 0 Å². The van der Waals surface area contributed by atoms with Gasteiger partial charge in [-0.1, -0.05) is 55.1 Å². The van der Waals surface area contributed by atoms with Crippen LogP contribution in [0.15, 0.2) is 61.2 Å². The lowest BCUT2D eigenvalue weighted by Gasteiger charge is -2.16. The Morgan fingerprint density at radius 1 is 1.07 bits per heavy atom. The van der Waals surface area contributed by atoms with Crippen LogP contribution in [0, 0.1) is 0 Å². The first-order chi connectivity index (χ1) is 13.0. The summed E-state index contributed by atoms with van der Waals surface area (Å²) in [5.74, 6) is -0.421. The summed E-state index contributed by atoms with van der Waals surface area (Å²) in [7, 11) is 0. The van der Waals surface area contributed by atoms with Gasteiger partial charge in [-0.2, -0.15) is 0 Å². The molecular weight excluding hydrogens is 336 g/mol. The van der Waals surface area contributed by atoms with Gasteiger partial charge in [0.1, 0.15) is 0 Å². The van der Waals surface area contributed by atoms with Crippen molar-refractivity contribution in [2.24, 2.45) is 0 Å². The van der Waals surface area contributed by atoms with Crippen molar-refractivity contribution in [3.63, 3.8) is 0 Å². The molecule has 27 heavy (non-hydrogen) atoms. The van der Waals surface area contributed by atoms with Gasteiger partial charge in [0.05, 0.1) is 19.3 Å². The van der Waals surface area contributed by atoms with E-state index < -0.39 is 5.79 Å². The second kappa shape index (κ2) is 9.32. The second-order valence-corrected chi connectivity index (χ2v) is 7.54. The van der Waals surface area contributed by atoms with Crippen LogP contribution < -0.4 is 0 Å². The zero-order valence-electron chi connectivity index (χ0n) is 16.4. The molecule has 2 aromatic rings. The summed E-state index contributed by atoms with van der Waals surface area (Å²) >= 11 is 0. The van der Waals surface area contributed by atoms with Crippen molar-refractivity contribution in [2.75, 3.05) is 13.2 Å². The van der Waals surface area contributed by atoms with Gasteiger partial charge in [-0.15, -0.1) is 0 Å².